The third-order valence-electron chi connectivity index (χ3n) is 4.17. The van der Waals surface area contributed by atoms with Gasteiger partial charge in [0.25, 0.3) is 0 Å². The Bertz CT molecular complexity index is 421. The molecule has 0 unspecified atom stereocenters. The van der Waals surface area contributed by atoms with Gasteiger partial charge in [-0.2, -0.15) is 0 Å². The zero-order valence-corrected chi connectivity index (χ0v) is 12.5. The van der Waals surface area contributed by atoms with E-state index in [1.54, 1.807) is 6.07 Å². The molecule has 0 aliphatic carbocycles. The molecular weight excluding hydrogens is 239 g/mol. The molecule has 1 heterocycles. The van der Waals surface area contributed by atoms with E-state index in [1.807, 2.05) is 6.07 Å². The fourth-order valence-corrected chi connectivity index (χ4v) is 2.76. The number of halogens is 1. The van der Waals surface area contributed by atoms with Gasteiger partial charge in [0, 0.05) is 19.1 Å². The maximum atomic E-state index is 14.2. The van der Waals surface area contributed by atoms with Crippen LogP contribution in [0.4, 0.5) is 10.1 Å². The molecule has 1 aromatic rings. The van der Waals surface area contributed by atoms with Crippen LogP contribution in [0.15, 0.2) is 18.2 Å². The summed E-state index contributed by atoms with van der Waals surface area (Å²) in [5.41, 5.74) is 1.84. The molecule has 19 heavy (non-hydrogen) atoms. The van der Waals surface area contributed by atoms with Crippen molar-refractivity contribution in [3.8, 4) is 0 Å². The summed E-state index contributed by atoms with van der Waals surface area (Å²) in [7, 11) is 4.25. The van der Waals surface area contributed by atoms with Crippen LogP contribution < -0.4 is 4.90 Å². The monoisotopic (exact) mass is 264 g/mol. The molecule has 0 radical (unpaired) electrons. The van der Waals surface area contributed by atoms with Gasteiger partial charge >= 0.3 is 0 Å². The summed E-state index contributed by atoms with van der Waals surface area (Å²) in [6, 6.07) is 6.33. The van der Waals surface area contributed by atoms with E-state index in [0.717, 1.165) is 37.2 Å². The quantitative estimate of drug-likeness (QED) is 0.824. The summed E-state index contributed by atoms with van der Waals surface area (Å²) in [5, 5.41) is 0. The van der Waals surface area contributed by atoms with E-state index in [9.17, 15) is 4.39 Å². The van der Waals surface area contributed by atoms with Crippen molar-refractivity contribution >= 4 is 5.69 Å². The minimum absolute atomic E-state index is 0.0745. The minimum Gasteiger partial charge on any atom is -0.369 e. The molecular formula is C16H25FN2. The Morgan fingerprint density at radius 3 is 2.32 bits per heavy atom. The normalized spacial score (nSPS) is 17.5. The molecule has 2 nitrogen and oxygen atoms in total. The lowest BCUT2D eigenvalue weighted by Gasteiger charge is -2.36. The third kappa shape index (κ3) is 3.27. The van der Waals surface area contributed by atoms with Crippen molar-refractivity contribution in [1.82, 2.24) is 4.90 Å². The van der Waals surface area contributed by atoms with E-state index in [2.05, 4.69) is 43.8 Å². The van der Waals surface area contributed by atoms with Crippen molar-refractivity contribution < 1.29 is 4.39 Å². The van der Waals surface area contributed by atoms with E-state index in [-0.39, 0.29) is 5.82 Å². The molecule has 0 atom stereocenters. The van der Waals surface area contributed by atoms with Gasteiger partial charge in [-0.3, -0.25) is 0 Å². The van der Waals surface area contributed by atoms with E-state index < -0.39 is 0 Å². The van der Waals surface area contributed by atoms with Crippen LogP contribution in [0, 0.1) is 5.82 Å². The van der Waals surface area contributed by atoms with Crippen LogP contribution in [0.1, 0.15) is 38.2 Å². The molecule has 0 N–H and O–H groups in total. The highest BCUT2D eigenvalue weighted by atomic mass is 19.1. The number of hydrogen-bond acceptors (Lipinski definition) is 2. The van der Waals surface area contributed by atoms with Gasteiger partial charge in [-0.05, 0) is 50.6 Å². The van der Waals surface area contributed by atoms with Gasteiger partial charge in [0.1, 0.15) is 5.82 Å². The zero-order chi connectivity index (χ0) is 14.0. The number of piperidine rings is 1. The van der Waals surface area contributed by atoms with Crippen LogP contribution in [0.25, 0.3) is 0 Å². The van der Waals surface area contributed by atoms with E-state index >= 15 is 0 Å². The fourth-order valence-electron chi connectivity index (χ4n) is 2.76. The molecule has 0 bridgehead atoms. The summed E-state index contributed by atoms with van der Waals surface area (Å²) in [5.74, 6) is 0.303. The molecule has 1 fully saturated rings. The standard InChI is InChI=1S/C16H25FN2/c1-12(2)13-5-6-16(15(17)11-13)19-9-7-14(8-10-19)18(3)4/h5-6,11-12,14H,7-10H2,1-4H3. The van der Waals surface area contributed by atoms with Crippen molar-refractivity contribution in [2.24, 2.45) is 0 Å². The molecule has 2 rings (SSSR count). The van der Waals surface area contributed by atoms with Gasteiger partial charge in [-0.15, -0.1) is 0 Å². The average Bonchev–Trinajstić information content (AvgIpc) is 2.38. The first-order valence-corrected chi connectivity index (χ1v) is 7.20. The highest BCUT2D eigenvalue weighted by Gasteiger charge is 2.22. The van der Waals surface area contributed by atoms with Gasteiger partial charge in [0.05, 0.1) is 5.69 Å². The van der Waals surface area contributed by atoms with Crippen molar-refractivity contribution in [2.45, 2.75) is 38.6 Å². The molecule has 0 saturated carbocycles. The zero-order valence-electron chi connectivity index (χ0n) is 12.5. The van der Waals surface area contributed by atoms with Gasteiger partial charge in [-0.1, -0.05) is 19.9 Å². The number of nitrogens with zero attached hydrogens (tertiary/aromatic N) is 2. The summed E-state index contributed by atoms with van der Waals surface area (Å²) in [6.45, 7) is 6.08. The largest absolute Gasteiger partial charge is 0.369 e. The second-order valence-electron chi connectivity index (χ2n) is 6.05. The Hall–Kier alpha value is -1.09. The van der Waals surface area contributed by atoms with Crippen LogP contribution in [0.5, 0.6) is 0 Å². The van der Waals surface area contributed by atoms with Gasteiger partial charge in [-0.25, -0.2) is 4.39 Å². The van der Waals surface area contributed by atoms with Gasteiger partial charge < -0.3 is 9.80 Å². The summed E-state index contributed by atoms with van der Waals surface area (Å²) in [6.07, 6.45) is 2.22. The van der Waals surface area contributed by atoms with Crippen LogP contribution in [0.3, 0.4) is 0 Å². The smallest absolute Gasteiger partial charge is 0.146 e. The first-order valence-electron chi connectivity index (χ1n) is 7.20. The van der Waals surface area contributed by atoms with Crippen molar-refractivity contribution in [2.75, 3.05) is 32.1 Å². The highest BCUT2D eigenvalue weighted by Crippen LogP contribution is 2.27. The predicted octanol–water partition coefficient (Wildman–Crippen LogP) is 3.48. The first kappa shape index (κ1) is 14.3. The lowest BCUT2D eigenvalue weighted by molar-refractivity contribution is 0.249. The molecule has 1 aromatic carbocycles. The maximum Gasteiger partial charge on any atom is 0.146 e. The third-order valence-corrected chi connectivity index (χ3v) is 4.17. The minimum atomic E-state index is -0.0745. The van der Waals surface area contributed by atoms with Crippen LogP contribution >= 0.6 is 0 Å². The second kappa shape index (κ2) is 5.91. The van der Waals surface area contributed by atoms with Crippen LogP contribution in [-0.2, 0) is 0 Å². The number of anilines is 1. The Morgan fingerprint density at radius 1 is 1.21 bits per heavy atom. The lowest BCUT2D eigenvalue weighted by Crippen LogP contribution is -2.42. The number of rotatable bonds is 3. The van der Waals surface area contributed by atoms with Gasteiger partial charge in [0.15, 0.2) is 0 Å². The lowest BCUT2D eigenvalue weighted by atomic mass is 10.0. The van der Waals surface area contributed by atoms with E-state index in [0.29, 0.717) is 12.0 Å². The fraction of sp³-hybridized carbons (Fsp3) is 0.625. The molecule has 1 aliphatic rings. The molecule has 0 spiro atoms. The molecule has 3 heteroatoms. The summed E-state index contributed by atoms with van der Waals surface area (Å²) < 4.78 is 14.2. The van der Waals surface area contributed by atoms with E-state index in [4.69, 9.17) is 0 Å². The van der Waals surface area contributed by atoms with Gasteiger partial charge in [0.2, 0.25) is 0 Å². The Morgan fingerprint density at radius 2 is 1.84 bits per heavy atom. The Labute approximate surface area is 116 Å². The topological polar surface area (TPSA) is 6.48 Å². The highest BCUT2D eigenvalue weighted by molar-refractivity contribution is 5.50. The Balaban J connectivity index is 2.07. The number of hydrogen-bond donors (Lipinski definition) is 0. The first-order chi connectivity index (χ1) is 8.99. The van der Waals surface area contributed by atoms with Crippen molar-refractivity contribution in [1.29, 1.82) is 0 Å². The van der Waals surface area contributed by atoms with Crippen LogP contribution in [-0.4, -0.2) is 38.1 Å². The Kier molecular flexibility index (Phi) is 4.46. The second-order valence-corrected chi connectivity index (χ2v) is 6.05. The van der Waals surface area contributed by atoms with Crippen molar-refractivity contribution in [3.63, 3.8) is 0 Å². The predicted molar refractivity (Wildman–Crippen MR) is 79.4 cm³/mol. The number of benzene rings is 1. The SMILES string of the molecule is CC(C)c1ccc(N2CCC(N(C)C)CC2)c(F)c1. The molecule has 0 aromatic heterocycles. The van der Waals surface area contributed by atoms with Crippen molar-refractivity contribution in [3.05, 3.63) is 29.6 Å². The molecule has 106 valence electrons. The molecule has 1 saturated heterocycles. The van der Waals surface area contributed by atoms with Crippen LogP contribution in [0.2, 0.25) is 0 Å². The molecule has 1 aliphatic heterocycles. The maximum absolute atomic E-state index is 14.2. The van der Waals surface area contributed by atoms with E-state index in [1.165, 1.54) is 0 Å². The summed E-state index contributed by atoms with van der Waals surface area (Å²) in [4.78, 5) is 4.45. The average molecular weight is 264 g/mol. The molecule has 0 amide bonds. The summed E-state index contributed by atoms with van der Waals surface area (Å²) >= 11 is 0.